The Morgan fingerprint density at radius 1 is 1.28 bits per heavy atom. The van der Waals surface area contributed by atoms with E-state index in [0.717, 1.165) is 34.6 Å². The number of fused-ring (bicyclic) bond motifs is 1. The summed E-state index contributed by atoms with van der Waals surface area (Å²) in [7, 11) is 1.86. The first-order chi connectivity index (χ1) is 12.0. The van der Waals surface area contributed by atoms with Crippen molar-refractivity contribution in [2.45, 2.75) is 19.8 Å². The van der Waals surface area contributed by atoms with Crippen LogP contribution in [-0.4, -0.2) is 28.2 Å². The third-order valence-electron chi connectivity index (χ3n) is 4.33. The summed E-state index contributed by atoms with van der Waals surface area (Å²) in [6, 6.07) is 8.88. The van der Waals surface area contributed by atoms with E-state index in [4.69, 9.17) is 4.74 Å². The zero-order valence-corrected chi connectivity index (χ0v) is 14.8. The summed E-state index contributed by atoms with van der Waals surface area (Å²) in [5.41, 5.74) is 1.73. The Morgan fingerprint density at radius 3 is 2.68 bits per heavy atom. The maximum absolute atomic E-state index is 12.4. The molecule has 2 aromatic heterocycles. The van der Waals surface area contributed by atoms with E-state index in [1.54, 1.807) is 21.7 Å². The minimum Gasteiger partial charge on any atom is -0.422 e. The van der Waals surface area contributed by atoms with Crippen molar-refractivity contribution < 1.29 is 14.3 Å². The van der Waals surface area contributed by atoms with Crippen LogP contribution >= 0.6 is 11.3 Å². The van der Waals surface area contributed by atoms with Crippen LogP contribution in [0.1, 0.15) is 28.2 Å². The van der Waals surface area contributed by atoms with Gasteiger partial charge in [-0.05, 0) is 43.7 Å². The molecule has 0 radical (unpaired) electrons. The number of thiophene rings is 1. The number of aryl methyl sites for hydroxylation is 2. The summed E-state index contributed by atoms with van der Waals surface area (Å²) in [6.45, 7) is 2.66. The van der Waals surface area contributed by atoms with Crippen LogP contribution in [0.2, 0.25) is 0 Å². The summed E-state index contributed by atoms with van der Waals surface area (Å²) in [4.78, 5) is 27.4. The number of benzene rings is 1. The van der Waals surface area contributed by atoms with E-state index in [1.165, 1.54) is 11.3 Å². The Bertz CT molecular complexity index is 937. The predicted molar refractivity (Wildman–Crippen MR) is 96.3 cm³/mol. The number of esters is 1. The lowest BCUT2D eigenvalue weighted by molar-refractivity contribution is -0.117. The first-order valence-electron chi connectivity index (χ1n) is 8.08. The van der Waals surface area contributed by atoms with Crippen molar-refractivity contribution in [3.63, 3.8) is 0 Å². The average Bonchev–Trinajstić information content (AvgIpc) is 3.27. The Hall–Kier alpha value is -2.67. The highest BCUT2D eigenvalue weighted by Gasteiger charge is 2.22. The van der Waals surface area contributed by atoms with Gasteiger partial charge in [0.15, 0.2) is 0 Å². The highest BCUT2D eigenvalue weighted by molar-refractivity contribution is 7.20. The monoisotopic (exact) mass is 355 g/mol. The molecule has 1 amide bonds. The van der Waals surface area contributed by atoms with Crippen LogP contribution in [0.4, 0.5) is 5.69 Å². The second kappa shape index (κ2) is 6.00. The Balaban J connectivity index is 1.51. The van der Waals surface area contributed by atoms with E-state index in [-0.39, 0.29) is 11.9 Å². The van der Waals surface area contributed by atoms with Gasteiger partial charge < -0.3 is 9.64 Å². The third kappa shape index (κ3) is 2.80. The first kappa shape index (κ1) is 15.8. The van der Waals surface area contributed by atoms with Crippen molar-refractivity contribution in [2.24, 2.45) is 7.05 Å². The highest BCUT2D eigenvalue weighted by Crippen LogP contribution is 2.29. The smallest absolute Gasteiger partial charge is 0.353 e. The molecule has 1 aromatic carbocycles. The second-order valence-electron chi connectivity index (χ2n) is 6.07. The quantitative estimate of drug-likeness (QED) is 0.534. The van der Waals surface area contributed by atoms with Gasteiger partial charge in [-0.1, -0.05) is 0 Å². The maximum Gasteiger partial charge on any atom is 0.353 e. The number of anilines is 1. The molecule has 6 nitrogen and oxygen atoms in total. The number of ether oxygens (including phenoxy) is 1. The molecule has 0 aliphatic carbocycles. The van der Waals surface area contributed by atoms with Crippen molar-refractivity contribution in [3.8, 4) is 5.75 Å². The normalized spacial score (nSPS) is 14.5. The fraction of sp³-hybridized carbons (Fsp3) is 0.278. The second-order valence-corrected chi connectivity index (χ2v) is 7.10. The van der Waals surface area contributed by atoms with Gasteiger partial charge in [0.05, 0.1) is 5.69 Å². The summed E-state index contributed by atoms with van der Waals surface area (Å²) >= 11 is 1.37. The molecule has 0 unspecified atom stereocenters. The zero-order valence-electron chi connectivity index (χ0n) is 14.0. The van der Waals surface area contributed by atoms with E-state index < -0.39 is 0 Å². The van der Waals surface area contributed by atoms with Crippen molar-refractivity contribution in [3.05, 3.63) is 40.9 Å². The zero-order chi connectivity index (χ0) is 17.6. The van der Waals surface area contributed by atoms with E-state index >= 15 is 0 Å². The van der Waals surface area contributed by atoms with Gasteiger partial charge in [0.1, 0.15) is 15.5 Å². The number of hydrogen-bond acceptors (Lipinski definition) is 5. The lowest BCUT2D eigenvalue weighted by atomic mass is 10.3. The lowest BCUT2D eigenvalue weighted by Crippen LogP contribution is -2.23. The van der Waals surface area contributed by atoms with Gasteiger partial charge in [-0.25, -0.2) is 4.79 Å². The standard InChI is InChI=1S/C18H17N3O3S/c1-11-14-10-15(25-17(14)20(2)19-11)18(23)24-13-7-5-12(6-8-13)21-9-3-4-16(21)22/h5-8,10H,3-4,9H2,1-2H3. The number of aromatic nitrogens is 2. The third-order valence-corrected chi connectivity index (χ3v) is 5.51. The molecule has 0 atom stereocenters. The maximum atomic E-state index is 12.4. The van der Waals surface area contributed by atoms with Crippen molar-refractivity contribution in [1.29, 1.82) is 0 Å². The van der Waals surface area contributed by atoms with E-state index in [0.29, 0.717) is 17.0 Å². The van der Waals surface area contributed by atoms with Crippen LogP contribution in [-0.2, 0) is 11.8 Å². The van der Waals surface area contributed by atoms with Gasteiger partial charge in [0, 0.05) is 31.1 Å². The minimum atomic E-state index is -0.384. The number of carbonyl (C=O) groups excluding carboxylic acids is 2. The number of nitrogens with zero attached hydrogens (tertiary/aromatic N) is 3. The topological polar surface area (TPSA) is 64.4 Å². The van der Waals surface area contributed by atoms with Gasteiger partial charge >= 0.3 is 5.97 Å². The molecule has 0 bridgehead atoms. The van der Waals surface area contributed by atoms with Crippen LogP contribution in [0.3, 0.4) is 0 Å². The predicted octanol–water partition coefficient (Wildman–Crippen LogP) is 3.29. The van der Waals surface area contributed by atoms with Gasteiger partial charge in [-0.3, -0.25) is 9.48 Å². The number of hydrogen-bond donors (Lipinski definition) is 0. The Kier molecular flexibility index (Phi) is 3.80. The average molecular weight is 355 g/mol. The molecule has 7 heteroatoms. The Morgan fingerprint density at radius 2 is 2.04 bits per heavy atom. The minimum absolute atomic E-state index is 0.138. The molecule has 1 aliphatic heterocycles. The molecular weight excluding hydrogens is 338 g/mol. The van der Waals surface area contributed by atoms with Crippen LogP contribution in [0.5, 0.6) is 5.75 Å². The van der Waals surface area contributed by atoms with Gasteiger partial charge in [-0.2, -0.15) is 5.10 Å². The van der Waals surface area contributed by atoms with Crippen molar-refractivity contribution in [2.75, 3.05) is 11.4 Å². The van der Waals surface area contributed by atoms with Gasteiger partial charge in [-0.15, -0.1) is 11.3 Å². The van der Waals surface area contributed by atoms with E-state index in [2.05, 4.69) is 5.10 Å². The lowest BCUT2D eigenvalue weighted by Gasteiger charge is -2.15. The SMILES string of the molecule is Cc1nn(C)c2sc(C(=O)Oc3ccc(N4CCCC4=O)cc3)cc12. The molecule has 1 fully saturated rings. The summed E-state index contributed by atoms with van der Waals surface area (Å²) in [5.74, 6) is 0.220. The molecule has 4 rings (SSSR count). The van der Waals surface area contributed by atoms with Crippen LogP contribution < -0.4 is 9.64 Å². The van der Waals surface area contributed by atoms with Gasteiger partial charge in [0.2, 0.25) is 5.91 Å². The first-order valence-corrected chi connectivity index (χ1v) is 8.90. The number of carbonyl (C=O) groups is 2. The molecule has 0 saturated carbocycles. The number of amides is 1. The molecule has 3 heterocycles. The summed E-state index contributed by atoms with van der Waals surface area (Å²) < 4.78 is 7.23. The van der Waals surface area contributed by atoms with Crippen molar-refractivity contribution >= 4 is 39.1 Å². The molecule has 1 saturated heterocycles. The summed E-state index contributed by atoms with van der Waals surface area (Å²) in [5, 5.41) is 5.31. The van der Waals surface area contributed by atoms with E-state index in [1.807, 2.05) is 32.2 Å². The van der Waals surface area contributed by atoms with Crippen molar-refractivity contribution in [1.82, 2.24) is 9.78 Å². The fourth-order valence-electron chi connectivity index (χ4n) is 3.08. The molecule has 0 N–H and O–H groups in total. The van der Waals surface area contributed by atoms with Crippen LogP contribution in [0, 0.1) is 6.92 Å². The molecule has 0 spiro atoms. The van der Waals surface area contributed by atoms with Gasteiger partial charge in [0.25, 0.3) is 0 Å². The molecule has 3 aromatic rings. The number of rotatable bonds is 3. The highest BCUT2D eigenvalue weighted by atomic mass is 32.1. The van der Waals surface area contributed by atoms with E-state index in [9.17, 15) is 9.59 Å². The Labute approximate surface area is 148 Å². The van der Waals surface area contributed by atoms with Crippen LogP contribution in [0.15, 0.2) is 30.3 Å². The molecule has 25 heavy (non-hydrogen) atoms. The largest absolute Gasteiger partial charge is 0.422 e. The molecular formula is C18H17N3O3S. The molecule has 1 aliphatic rings. The molecule has 128 valence electrons. The fourth-order valence-corrected chi connectivity index (χ4v) is 4.08. The summed E-state index contributed by atoms with van der Waals surface area (Å²) in [6.07, 6.45) is 1.48. The van der Waals surface area contributed by atoms with Crippen LogP contribution in [0.25, 0.3) is 10.2 Å².